The fourth-order valence-electron chi connectivity index (χ4n) is 5.94. The molecule has 0 aliphatic heterocycles. The smallest absolute Gasteiger partial charge is 0.160 e. The number of rotatable bonds is 3. The number of fused-ring (bicyclic) bond motifs is 1. The molecule has 0 heterocycles. The van der Waals surface area contributed by atoms with Crippen LogP contribution in [0, 0.1) is 11.3 Å². The van der Waals surface area contributed by atoms with Crippen LogP contribution in [0.4, 0.5) is 0 Å². The SMILES string of the molecule is CC(=O)c1ccc(C2CCC(C(C)=O)CC2)c2c1CC1(CCCC1)C2. The second kappa shape index (κ2) is 6.37. The highest BCUT2D eigenvalue weighted by atomic mass is 16.1. The Morgan fingerprint density at radius 1 is 0.920 bits per heavy atom. The molecule has 0 saturated heterocycles. The van der Waals surface area contributed by atoms with Crippen molar-refractivity contribution in [1.82, 2.24) is 0 Å². The van der Waals surface area contributed by atoms with Crippen molar-refractivity contribution in [2.75, 3.05) is 0 Å². The summed E-state index contributed by atoms with van der Waals surface area (Å²) >= 11 is 0. The number of hydrogen-bond acceptors (Lipinski definition) is 2. The van der Waals surface area contributed by atoms with Crippen LogP contribution in [-0.2, 0) is 17.6 Å². The molecule has 0 unspecified atom stereocenters. The van der Waals surface area contributed by atoms with Crippen LogP contribution in [0.2, 0.25) is 0 Å². The van der Waals surface area contributed by atoms with Crippen LogP contribution in [0.15, 0.2) is 12.1 Å². The number of Topliss-reactive ketones (excluding diaryl/α,β-unsaturated/α-hetero) is 2. The van der Waals surface area contributed by atoms with E-state index in [9.17, 15) is 9.59 Å². The molecule has 1 aromatic carbocycles. The van der Waals surface area contributed by atoms with E-state index in [0.29, 0.717) is 17.1 Å². The van der Waals surface area contributed by atoms with Crippen molar-refractivity contribution in [2.45, 2.75) is 84.0 Å². The standard InChI is InChI=1S/C23H30O2/c1-15(24)17-5-7-18(8-6-17)20-10-9-19(16(2)25)21-13-23(14-22(20)21)11-3-4-12-23/h9-10,17-18H,3-8,11-14H2,1-2H3. The van der Waals surface area contributed by atoms with Crippen molar-refractivity contribution in [3.05, 3.63) is 34.4 Å². The van der Waals surface area contributed by atoms with Gasteiger partial charge < -0.3 is 0 Å². The highest BCUT2D eigenvalue weighted by molar-refractivity contribution is 5.96. The minimum absolute atomic E-state index is 0.220. The monoisotopic (exact) mass is 338 g/mol. The third kappa shape index (κ3) is 2.98. The molecule has 2 saturated carbocycles. The van der Waals surface area contributed by atoms with Crippen molar-refractivity contribution in [3.8, 4) is 0 Å². The molecule has 25 heavy (non-hydrogen) atoms. The predicted molar refractivity (Wildman–Crippen MR) is 100 cm³/mol. The second-order valence-corrected chi connectivity index (χ2v) is 8.94. The molecule has 2 fully saturated rings. The quantitative estimate of drug-likeness (QED) is 0.690. The molecule has 2 heteroatoms. The fraction of sp³-hybridized carbons (Fsp3) is 0.652. The van der Waals surface area contributed by atoms with Gasteiger partial charge in [0.05, 0.1) is 0 Å². The predicted octanol–water partition coefficient (Wildman–Crippen LogP) is 5.41. The van der Waals surface area contributed by atoms with Gasteiger partial charge in [-0.25, -0.2) is 0 Å². The maximum atomic E-state index is 12.2. The van der Waals surface area contributed by atoms with Crippen molar-refractivity contribution in [2.24, 2.45) is 11.3 Å². The van der Waals surface area contributed by atoms with Gasteiger partial charge in [0.25, 0.3) is 0 Å². The maximum absolute atomic E-state index is 12.2. The molecule has 134 valence electrons. The Balaban J connectivity index is 1.66. The molecule has 0 amide bonds. The van der Waals surface area contributed by atoms with Gasteiger partial charge >= 0.3 is 0 Å². The summed E-state index contributed by atoms with van der Waals surface area (Å²) in [6.07, 6.45) is 12.0. The first-order valence-corrected chi connectivity index (χ1v) is 10.2. The summed E-state index contributed by atoms with van der Waals surface area (Å²) in [4.78, 5) is 23.9. The lowest BCUT2D eigenvalue weighted by Crippen LogP contribution is -2.20. The lowest BCUT2D eigenvalue weighted by molar-refractivity contribution is -0.121. The molecule has 0 radical (unpaired) electrons. The van der Waals surface area contributed by atoms with E-state index < -0.39 is 0 Å². The van der Waals surface area contributed by atoms with Gasteiger partial charge in [-0.15, -0.1) is 0 Å². The van der Waals surface area contributed by atoms with Gasteiger partial charge in [0.2, 0.25) is 0 Å². The highest BCUT2D eigenvalue weighted by Crippen LogP contribution is 2.52. The van der Waals surface area contributed by atoms with E-state index in [1.54, 1.807) is 13.8 Å². The normalized spacial score (nSPS) is 27.4. The second-order valence-electron chi connectivity index (χ2n) is 8.94. The molecular formula is C23H30O2. The van der Waals surface area contributed by atoms with Gasteiger partial charge in [-0.1, -0.05) is 25.0 Å². The van der Waals surface area contributed by atoms with Crippen molar-refractivity contribution >= 4 is 11.6 Å². The van der Waals surface area contributed by atoms with Crippen LogP contribution < -0.4 is 0 Å². The third-order valence-electron chi connectivity index (χ3n) is 7.36. The topological polar surface area (TPSA) is 34.1 Å². The van der Waals surface area contributed by atoms with Gasteiger partial charge in [0.1, 0.15) is 5.78 Å². The molecule has 1 spiro atoms. The molecule has 0 bridgehead atoms. The van der Waals surface area contributed by atoms with Gasteiger partial charge in [0.15, 0.2) is 5.78 Å². The molecule has 3 aliphatic rings. The van der Waals surface area contributed by atoms with E-state index in [-0.39, 0.29) is 11.7 Å². The maximum Gasteiger partial charge on any atom is 0.160 e. The Kier molecular flexibility index (Phi) is 4.33. The van der Waals surface area contributed by atoms with E-state index >= 15 is 0 Å². The molecular weight excluding hydrogens is 308 g/mol. The first-order valence-electron chi connectivity index (χ1n) is 10.2. The van der Waals surface area contributed by atoms with Crippen LogP contribution in [-0.4, -0.2) is 11.6 Å². The van der Waals surface area contributed by atoms with E-state index in [2.05, 4.69) is 12.1 Å². The summed E-state index contributed by atoms with van der Waals surface area (Å²) in [6.45, 7) is 3.46. The summed E-state index contributed by atoms with van der Waals surface area (Å²) in [7, 11) is 0. The zero-order valence-corrected chi connectivity index (χ0v) is 15.7. The zero-order chi connectivity index (χ0) is 17.6. The summed E-state index contributed by atoms with van der Waals surface area (Å²) in [5.41, 5.74) is 5.81. The van der Waals surface area contributed by atoms with E-state index in [4.69, 9.17) is 0 Å². The number of carbonyl (C=O) groups excluding carboxylic acids is 2. The van der Waals surface area contributed by atoms with Gasteiger partial charge in [-0.3, -0.25) is 9.59 Å². The first kappa shape index (κ1) is 17.0. The summed E-state index contributed by atoms with van der Waals surface area (Å²) in [5, 5.41) is 0. The molecule has 4 rings (SSSR count). The van der Waals surface area contributed by atoms with Gasteiger partial charge in [-0.05, 0) is 93.2 Å². The van der Waals surface area contributed by atoms with Gasteiger partial charge in [0, 0.05) is 11.5 Å². The number of carbonyl (C=O) groups is 2. The largest absolute Gasteiger partial charge is 0.300 e. The number of ketones is 2. The Hall–Kier alpha value is -1.44. The minimum Gasteiger partial charge on any atom is -0.300 e. The van der Waals surface area contributed by atoms with Crippen LogP contribution >= 0.6 is 0 Å². The van der Waals surface area contributed by atoms with Gasteiger partial charge in [-0.2, -0.15) is 0 Å². The van der Waals surface area contributed by atoms with Crippen LogP contribution in [0.1, 0.15) is 98.2 Å². The molecule has 0 atom stereocenters. The summed E-state index contributed by atoms with van der Waals surface area (Å²) in [5.74, 6) is 1.45. The highest BCUT2D eigenvalue weighted by Gasteiger charge is 2.42. The van der Waals surface area contributed by atoms with Crippen molar-refractivity contribution < 1.29 is 9.59 Å². The Morgan fingerprint density at radius 3 is 2.16 bits per heavy atom. The van der Waals surface area contributed by atoms with E-state index in [0.717, 1.165) is 37.7 Å². The molecule has 0 N–H and O–H groups in total. The fourth-order valence-corrected chi connectivity index (χ4v) is 5.94. The zero-order valence-electron chi connectivity index (χ0n) is 15.7. The minimum atomic E-state index is 0.220. The van der Waals surface area contributed by atoms with Crippen molar-refractivity contribution in [1.29, 1.82) is 0 Å². The first-order chi connectivity index (χ1) is 12.0. The summed E-state index contributed by atoms with van der Waals surface area (Å²) < 4.78 is 0. The van der Waals surface area contributed by atoms with Crippen LogP contribution in [0.25, 0.3) is 0 Å². The third-order valence-corrected chi connectivity index (χ3v) is 7.36. The average Bonchev–Trinajstić information content (AvgIpc) is 3.20. The lowest BCUT2D eigenvalue weighted by Gasteiger charge is -2.29. The summed E-state index contributed by atoms with van der Waals surface area (Å²) in [6, 6.07) is 4.35. The average molecular weight is 338 g/mol. The Morgan fingerprint density at radius 2 is 1.56 bits per heavy atom. The number of benzene rings is 1. The van der Waals surface area contributed by atoms with E-state index in [1.807, 2.05) is 0 Å². The van der Waals surface area contributed by atoms with Crippen LogP contribution in [0.5, 0.6) is 0 Å². The lowest BCUT2D eigenvalue weighted by atomic mass is 9.75. The Labute approximate surface area is 151 Å². The molecule has 3 aliphatic carbocycles. The molecule has 1 aromatic rings. The van der Waals surface area contributed by atoms with Crippen molar-refractivity contribution in [3.63, 3.8) is 0 Å². The molecule has 0 aromatic heterocycles. The van der Waals surface area contributed by atoms with E-state index in [1.165, 1.54) is 48.8 Å². The molecule has 2 nitrogen and oxygen atoms in total. The van der Waals surface area contributed by atoms with Crippen LogP contribution in [0.3, 0.4) is 0 Å². The Bertz CT molecular complexity index is 701. The number of hydrogen-bond donors (Lipinski definition) is 0.